The third kappa shape index (κ3) is 3.32. The molecule has 1 aromatic rings. The maximum Gasteiger partial charge on any atom is 0.0242 e. The van der Waals surface area contributed by atoms with Crippen molar-refractivity contribution in [2.75, 3.05) is 13.1 Å². The molecule has 1 nitrogen and oxygen atoms in total. The molecule has 0 amide bonds. The average molecular weight is 271 g/mol. The third-order valence-electron chi connectivity index (χ3n) is 4.64. The molecule has 1 saturated heterocycles. The predicted molar refractivity (Wildman–Crippen MR) is 89.1 cm³/mol. The first-order valence-corrected chi connectivity index (χ1v) is 8.14. The van der Waals surface area contributed by atoms with E-state index in [1.807, 2.05) is 0 Å². The monoisotopic (exact) mass is 271 g/mol. The lowest BCUT2D eigenvalue weighted by molar-refractivity contribution is 0.220. The fourth-order valence-corrected chi connectivity index (χ4v) is 3.30. The zero-order valence-electron chi connectivity index (χ0n) is 13.6. The van der Waals surface area contributed by atoms with Crippen molar-refractivity contribution in [1.29, 1.82) is 0 Å². The van der Waals surface area contributed by atoms with Crippen LogP contribution in [0.3, 0.4) is 0 Å². The zero-order chi connectivity index (χ0) is 14.5. The summed E-state index contributed by atoms with van der Waals surface area (Å²) in [6, 6.07) is 2.40. The topological polar surface area (TPSA) is 3.24 Å². The van der Waals surface area contributed by atoms with Crippen molar-refractivity contribution >= 4 is 6.08 Å². The van der Waals surface area contributed by atoms with Crippen LogP contribution in [0, 0.1) is 13.8 Å². The molecule has 2 rings (SSSR count). The summed E-state index contributed by atoms with van der Waals surface area (Å²) in [6.45, 7) is 12.6. The number of hydrogen-bond donors (Lipinski definition) is 0. The Labute approximate surface area is 124 Å². The minimum Gasteiger partial charge on any atom is -0.299 e. The van der Waals surface area contributed by atoms with Gasteiger partial charge in [-0.1, -0.05) is 31.6 Å². The SMILES string of the molecule is C/C=C\c1c(C)c(C)cc(CC)c1CN1CCCCC1. The van der Waals surface area contributed by atoms with Crippen LogP contribution >= 0.6 is 0 Å². The van der Waals surface area contributed by atoms with E-state index in [4.69, 9.17) is 0 Å². The Balaban J connectivity index is 2.39. The lowest BCUT2D eigenvalue weighted by atomic mass is 9.90. The molecule has 1 aliphatic rings. The Kier molecular flexibility index (Phi) is 5.42. The Hall–Kier alpha value is -1.08. The van der Waals surface area contributed by atoms with Gasteiger partial charge in [0.25, 0.3) is 0 Å². The van der Waals surface area contributed by atoms with Crippen molar-refractivity contribution < 1.29 is 0 Å². The number of likely N-dealkylation sites (tertiary alicyclic amines) is 1. The quantitative estimate of drug-likeness (QED) is 0.754. The molecular weight excluding hydrogens is 242 g/mol. The molecule has 0 radical (unpaired) electrons. The van der Waals surface area contributed by atoms with Gasteiger partial charge in [0, 0.05) is 6.54 Å². The summed E-state index contributed by atoms with van der Waals surface area (Å²) >= 11 is 0. The van der Waals surface area contributed by atoms with Crippen LogP contribution in [0.4, 0.5) is 0 Å². The number of piperidine rings is 1. The second kappa shape index (κ2) is 7.08. The van der Waals surface area contributed by atoms with Crippen LogP contribution < -0.4 is 0 Å². The van der Waals surface area contributed by atoms with E-state index in [1.165, 1.54) is 54.6 Å². The molecule has 1 aromatic carbocycles. The van der Waals surface area contributed by atoms with Crippen LogP contribution in [0.5, 0.6) is 0 Å². The molecule has 0 atom stereocenters. The first kappa shape index (κ1) is 15.3. The maximum absolute atomic E-state index is 2.64. The normalized spacial score (nSPS) is 17.0. The van der Waals surface area contributed by atoms with E-state index in [2.05, 4.69) is 50.8 Å². The van der Waals surface area contributed by atoms with E-state index in [0.29, 0.717) is 0 Å². The van der Waals surface area contributed by atoms with Crippen LogP contribution in [-0.2, 0) is 13.0 Å². The fourth-order valence-electron chi connectivity index (χ4n) is 3.30. The van der Waals surface area contributed by atoms with Gasteiger partial charge >= 0.3 is 0 Å². The van der Waals surface area contributed by atoms with Crippen LogP contribution in [0.25, 0.3) is 6.08 Å². The highest BCUT2D eigenvalue weighted by atomic mass is 15.1. The van der Waals surface area contributed by atoms with Gasteiger partial charge in [-0.25, -0.2) is 0 Å². The summed E-state index contributed by atoms with van der Waals surface area (Å²) in [5, 5.41) is 0. The van der Waals surface area contributed by atoms with Gasteiger partial charge in [0.2, 0.25) is 0 Å². The van der Waals surface area contributed by atoms with Gasteiger partial charge in [-0.2, -0.15) is 0 Å². The van der Waals surface area contributed by atoms with E-state index < -0.39 is 0 Å². The van der Waals surface area contributed by atoms with Gasteiger partial charge < -0.3 is 0 Å². The van der Waals surface area contributed by atoms with Crippen molar-refractivity contribution in [2.24, 2.45) is 0 Å². The molecule has 1 heterocycles. The fraction of sp³-hybridized carbons (Fsp3) is 0.579. The Morgan fingerprint density at radius 1 is 1.15 bits per heavy atom. The Bertz CT molecular complexity index is 479. The van der Waals surface area contributed by atoms with E-state index in [9.17, 15) is 0 Å². The largest absolute Gasteiger partial charge is 0.299 e. The van der Waals surface area contributed by atoms with E-state index in [-0.39, 0.29) is 0 Å². The first-order valence-electron chi connectivity index (χ1n) is 8.14. The van der Waals surface area contributed by atoms with Gasteiger partial charge in [-0.15, -0.1) is 0 Å². The van der Waals surface area contributed by atoms with Crippen molar-refractivity contribution in [3.8, 4) is 0 Å². The smallest absolute Gasteiger partial charge is 0.0242 e. The predicted octanol–water partition coefficient (Wildman–Crippen LogP) is 4.88. The molecule has 1 fully saturated rings. The Morgan fingerprint density at radius 3 is 2.45 bits per heavy atom. The summed E-state index contributed by atoms with van der Waals surface area (Å²) in [5.41, 5.74) is 7.45. The molecule has 20 heavy (non-hydrogen) atoms. The third-order valence-corrected chi connectivity index (χ3v) is 4.64. The Morgan fingerprint density at radius 2 is 1.85 bits per heavy atom. The van der Waals surface area contributed by atoms with E-state index >= 15 is 0 Å². The van der Waals surface area contributed by atoms with Gasteiger partial charge in [0.05, 0.1) is 0 Å². The van der Waals surface area contributed by atoms with Gasteiger partial charge in [0.15, 0.2) is 0 Å². The molecule has 0 aromatic heterocycles. The highest BCUT2D eigenvalue weighted by Crippen LogP contribution is 2.27. The molecule has 1 aliphatic heterocycles. The molecule has 0 spiro atoms. The lowest BCUT2D eigenvalue weighted by Gasteiger charge is -2.29. The van der Waals surface area contributed by atoms with E-state index in [0.717, 1.165) is 13.0 Å². The molecular formula is C19H29N. The molecule has 0 saturated carbocycles. The standard InChI is InChI=1S/C19H29N/c1-5-10-18-16(4)15(3)13-17(6-2)19(18)14-20-11-8-7-9-12-20/h5,10,13H,6-9,11-12,14H2,1-4H3/b10-5-. The van der Waals surface area contributed by atoms with Gasteiger partial charge in [-0.3, -0.25) is 4.90 Å². The minimum atomic E-state index is 1.13. The zero-order valence-corrected chi connectivity index (χ0v) is 13.6. The van der Waals surface area contributed by atoms with Crippen molar-refractivity contribution in [2.45, 2.75) is 59.9 Å². The van der Waals surface area contributed by atoms with Crippen molar-refractivity contribution in [1.82, 2.24) is 4.90 Å². The summed E-state index contributed by atoms with van der Waals surface area (Å²) in [4.78, 5) is 2.64. The molecule has 0 bridgehead atoms. The number of hydrogen-bond acceptors (Lipinski definition) is 1. The molecule has 0 unspecified atom stereocenters. The summed E-state index contributed by atoms with van der Waals surface area (Å²) in [5.74, 6) is 0. The van der Waals surface area contributed by atoms with Crippen LogP contribution in [-0.4, -0.2) is 18.0 Å². The second-order valence-electron chi connectivity index (χ2n) is 6.06. The highest BCUT2D eigenvalue weighted by molar-refractivity contribution is 5.62. The molecule has 110 valence electrons. The molecule has 0 N–H and O–H groups in total. The van der Waals surface area contributed by atoms with Crippen molar-refractivity contribution in [3.05, 3.63) is 40.0 Å². The number of allylic oxidation sites excluding steroid dienone is 1. The van der Waals surface area contributed by atoms with Crippen LogP contribution in [0.1, 0.15) is 60.9 Å². The minimum absolute atomic E-state index is 1.13. The van der Waals surface area contributed by atoms with Crippen LogP contribution in [0.2, 0.25) is 0 Å². The number of nitrogens with zero attached hydrogens (tertiary/aromatic N) is 1. The first-order chi connectivity index (χ1) is 9.67. The highest BCUT2D eigenvalue weighted by Gasteiger charge is 2.16. The average Bonchev–Trinajstić information content (AvgIpc) is 2.47. The summed E-state index contributed by atoms with van der Waals surface area (Å²) < 4.78 is 0. The summed E-state index contributed by atoms with van der Waals surface area (Å²) in [7, 11) is 0. The maximum atomic E-state index is 2.64. The molecule has 1 heteroatoms. The van der Waals surface area contributed by atoms with E-state index in [1.54, 1.807) is 5.56 Å². The van der Waals surface area contributed by atoms with Crippen LogP contribution in [0.15, 0.2) is 12.1 Å². The molecule has 0 aliphatic carbocycles. The number of aryl methyl sites for hydroxylation is 2. The summed E-state index contributed by atoms with van der Waals surface area (Å²) in [6.07, 6.45) is 9.76. The lowest BCUT2D eigenvalue weighted by Crippen LogP contribution is -2.30. The number of benzene rings is 1. The van der Waals surface area contributed by atoms with Gasteiger partial charge in [0.1, 0.15) is 0 Å². The number of rotatable bonds is 4. The van der Waals surface area contributed by atoms with Gasteiger partial charge in [-0.05, 0) is 80.9 Å². The second-order valence-corrected chi connectivity index (χ2v) is 6.06. The van der Waals surface area contributed by atoms with Crippen molar-refractivity contribution in [3.63, 3.8) is 0 Å².